The molecule has 4 heteroatoms. The third kappa shape index (κ3) is 3.47. The molecule has 1 fully saturated rings. The first-order chi connectivity index (χ1) is 9.10. The highest BCUT2D eigenvalue weighted by Gasteiger charge is 2.21. The van der Waals surface area contributed by atoms with E-state index in [1.54, 1.807) is 0 Å². The van der Waals surface area contributed by atoms with Crippen LogP contribution in [0.25, 0.3) is 0 Å². The van der Waals surface area contributed by atoms with E-state index in [2.05, 4.69) is 12.2 Å². The second-order valence-electron chi connectivity index (χ2n) is 5.48. The van der Waals surface area contributed by atoms with Gasteiger partial charge in [0.05, 0.1) is 0 Å². The Hall–Kier alpha value is -1.55. The average Bonchev–Trinajstić information content (AvgIpc) is 2.41. The van der Waals surface area contributed by atoms with Crippen molar-refractivity contribution in [2.75, 3.05) is 18.4 Å². The number of urea groups is 1. The van der Waals surface area contributed by atoms with E-state index in [1.807, 2.05) is 30.0 Å². The molecule has 19 heavy (non-hydrogen) atoms. The summed E-state index contributed by atoms with van der Waals surface area (Å²) in [6.07, 6.45) is 2.31. The second kappa shape index (κ2) is 6.06. The third-order valence-electron chi connectivity index (χ3n) is 3.72. The summed E-state index contributed by atoms with van der Waals surface area (Å²) in [5, 5.41) is 3.01. The number of carbonyl (C=O) groups excluding carboxylic acids is 1. The Kier molecular flexibility index (Phi) is 4.43. The lowest BCUT2D eigenvalue weighted by Gasteiger charge is -2.31. The molecule has 0 spiro atoms. The van der Waals surface area contributed by atoms with Crippen LogP contribution in [0.1, 0.15) is 30.9 Å². The van der Waals surface area contributed by atoms with Crippen molar-refractivity contribution in [3.05, 3.63) is 29.3 Å². The molecule has 1 aromatic rings. The van der Waals surface area contributed by atoms with E-state index in [-0.39, 0.29) is 6.03 Å². The van der Waals surface area contributed by atoms with Crippen molar-refractivity contribution in [1.29, 1.82) is 0 Å². The van der Waals surface area contributed by atoms with Crippen LogP contribution in [0.3, 0.4) is 0 Å². The summed E-state index contributed by atoms with van der Waals surface area (Å²) in [6.45, 7) is 6.38. The zero-order valence-electron chi connectivity index (χ0n) is 11.8. The fourth-order valence-corrected chi connectivity index (χ4v) is 2.50. The van der Waals surface area contributed by atoms with Gasteiger partial charge in [0.25, 0.3) is 0 Å². The Balaban J connectivity index is 2.05. The van der Waals surface area contributed by atoms with E-state index in [4.69, 9.17) is 5.73 Å². The van der Waals surface area contributed by atoms with E-state index in [0.717, 1.165) is 36.3 Å². The highest BCUT2D eigenvalue weighted by atomic mass is 16.2. The Morgan fingerprint density at radius 3 is 3.00 bits per heavy atom. The van der Waals surface area contributed by atoms with Crippen molar-refractivity contribution in [3.63, 3.8) is 0 Å². The maximum atomic E-state index is 12.2. The SMILES string of the molecule is Cc1ccc(CN)cc1NC(=O)N1CCCC(C)C1. The largest absolute Gasteiger partial charge is 0.326 e. The molecule has 104 valence electrons. The fourth-order valence-electron chi connectivity index (χ4n) is 2.50. The number of likely N-dealkylation sites (tertiary alicyclic amines) is 1. The third-order valence-corrected chi connectivity index (χ3v) is 3.72. The number of rotatable bonds is 2. The van der Waals surface area contributed by atoms with E-state index < -0.39 is 0 Å². The fraction of sp³-hybridized carbons (Fsp3) is 0.533. The molecule has 1 aromatic carbocycles. The van der Waals surface area contributed by atoms with Gasteiger partial charge in [-0.25, -0.2) is 4.79 Å². The van der Waals surface area contributed by atoms with Crippen LogP contribution in [-0.2, 0) is 6.54 Å². The van der Waals surface area contributed by atoms with Gasteiger partial charge in [-0.3, -0.25) is 0 Å². The molecule has 2 rings (SSSR count). The van der Waals surface area contributed by atoms with Crippen molar-refractivity contribution in [1.82, 2.24) is 4.90 Å². The van der Waals surface area contributed by atoms with Crippen molar-refractivity contribution >= 4 is 11.7 Å². The van der Waals surface area contributed by atoms with Gasteiger partial charge in [-0.15, -0.1) is 0 Å². The lowest BCUT2D eigenvalue weighted by atomic mass is 10.0. The van der Waals surface area contributed by atoms with Gasteiger partial charge >= 0.3 is 6.03 Å². The van der Waals surface area contributed by atoms with E-state index in [9.17, 15) is 4.79 Å². The van der Waals surface area contributed by atoms with Crippen LogP contribution in [0.5, 0.6) is 0 Å². The van der Waals surface area contributed by atoms with Gasteiger partial charge in [0, 0.05) is 25.3 Å². The number of amides is 2. The first-order valence-electron chi connectivity index (χ1n) is 6.95. The van der Waals surface area contributed by atoms with Crippen LogP contribution in [-0.4, -0.2) is 24.0 Å². The van der Waals surface area contributed by atoms with Crippen molar-refractivity contribution in [2.24, 2.45) is 11.7 Å². The number of anilines is 1. The Morgan fingerprint density at radius 2 is 2.32 bits per heavy atom. The van der Waals surface area contributed by atoms with Gasteiger partial charge in [-0.05, 0) is 42.9 Å². The number of benzene rings is 1. The summed E-state index contributed by atoms with van der Waals surface area (Å²) in [5.74, 6) is 0.593. The van der Waals surface area contributed by atoms with Gasteiger partial charge in [-0.2, -0.15) is 0 Å². The predicted octanol–water partition coefficient (Wildman–Crippen LogP) is 2.72. The first kappa shape index (κ1) is 13.9. The number of aryl methyl sites for hydroxylation is 1. The number of nitrogens with one attached hydrogen (secondary N) is 1. The van der Waals surface area contributed by atoms with Crippen LogP contribution in [0.4, 0.5) is 10.5 Å². The van der Waals surface area contributed by atoms with Gasteiger partial charge in [0.15, 0.2) is 0 Å². The summed E-state index contributed by atoms with van der Waals surface area (Å²) in [6, 6.07) is 5.95. The zero-order valence-corrected chi connectivity index (χ0v) is 11.8. The van der Waals surface area contributed by atoms with Crippen LogP contribution < -0.4 is 11.1 Å². The number of piperidine rings is 1. The number of nitrogens with zero attached hydrogens (tertiary/aromatic N) is 1. The molecule has 2 amide bonds. The number of carbonyl (C=O) groups is 1. The smallest absolute Gasteiger partial charge is 0.321 e. The van der Waals surface area contributed by atoms with E-state index in [1.165, 1.54) is 6.42 Å². The highest BCUT2D eigenvalue weighted by molar-refractivity contribution is 5.90. The lowest BCUT2D eigenvalue weighted by molar-refractivity contribution is 0.182. The van der Waals surface area contributed by atoms with Crippen LogP contribution in [0.2, 0.25) is 0 Å². The molecule has 4 nitrogen and oxygen atoms in total. The molecule has 0 aliphatic carbocycles. The Labute approximate surface area is 115 Å². The van der Waals surface area contributed by atoms with Crippen molar-refractivity contribution in [2.45, 2.75) is 33.2 Å². The summed E-state index contributed by atoms with van der Waals surface area (Å²) < 4.78 is 0. The van der Waals surface area contributed by atoms with Crippen LogP contribution >= 0.6 is 0 Å². The van der Waals surface area contributed by atoms with Crippen molar-refractivity contribution < 1.29 is 4.79 Å². The molecule has 1 unspecified atom stereocenters. The van der Waals surface area contributed by atoms with E-state index >= 15 is 0 Å². The minimum atomic E-state index is 0.00354. The van der Waals surface area contributed by atoms with Gasteiger partial charge < -0.3 is 16.0 Å². The molecule has 1 aliphatic rings. The number of hydrogen-bond donors (Lipinski definition) is 2. The van der Waals surface area contributed by atoms with Crippen LogP contribution in [0, 0.1) is 12.8 Å². The molecule has 1 heterocycles. The summed E-state index contributed by atoms with van der Waals surface area (Å²) in [7, 11) is 0. The first-order valence-corrected chi connectivity index (χ1v) is 6.95. The monoisotopic (exact) mass is 261 g/mol. The molecule has 3 N–H and O–H groups in total. The standard InChI is InChI=1S/C15H23N3O/c1-11-4-3-7-18(10-11)15(19)17-14-8-13(9-16)6-5-12(14)2/h5-6,8,11H,3-4,7,9-10,16H2,1-2H3,(H,17,19). The number of hydrogen-bond acceptors (Lipinski definition) is 2. The minimum Gasteiger partial charge on any atom is -0.326 e. The zero-order chi connectivity index (χ0) is 13.8. The molecule has 1 atom stereocenters. The molecular weight excluding hydrogens is 238 g/mol. The average molecular weight is 261 g/mol. The Morgan fingerprint density at radius 1 is 1.53 bits per heavy atom. The molecule has 1 saturated heterocycles. The van der Waals surface area contributed by atoms with Crippen molar-refractivity contribution in [3.8, 4) is 0 Å². The summed E-state index contributed by atoms with van der Waals surface area (Å²) in [4.78, 5) is 14.2. The van der Waals surface area contributed by atoms with Gasteiger partial charge in [-0.1, -0.05) is 19.1 Å². The quantitative estimate of drug-likeness (QED) is 0.860. The molecule has 0 saturated carbocycles. The highest BCUT2D eigenvalue weighted by Crippen LogP contribution is 2.20. The molecule has 0 bridgehead atoms. The molecular formula is C15H23N3O. The summed E-state index contributed by atoms with van der Waals surface area (Å²) >= 11 is 0. The normalized spacial score (nSPS) is 19.3. The topological polar surface area (TPSA) is 58.4 Å². The number of nitrogens with two attached hydrogens (primary N) is 1. The van der Waals surface area contributed by atoms with Crippen LogP contribution in [0.15, 0.2) is 18.2 Å². The Bertz CT molecular complexity index is 459. The molecule has 1 aliphatic heterocycles. The maximum absolute atomic E-state index is 12.2. The minimum absolute atomic E-state index is 0.00354. The molecule has 0 radical (unpaired) electrons. The van der Waals surface area contributed by atoms with Gasteiger partial charge in [0.2, 0.25) is 0 Å². The lowest BCUT2D eigenvalue weighted by Crippen LogP contribution is -2.41. The van der Waals surface area contributed by atoms with E-state index in [0.29, 0.717) is 12.5 Å². The second-order valence-corrected chi connectivity index (χ2v) is 5.48. The molecule has 0 aromatic heterocycles. The maximum Gasteiger partial charge on any atom is 0.321 e. The summed E-state index contributed by atoms with van der Waals surface area (Å²) in [5.41, 5.74) is 8.60. The predicted molar refractivity (Wildman–Crippen MR) is 78.1 cm³/mol. The van der Waals surface area contributed by atoms with Gasteiger partial charge in [0.1, 0.15) is 0 Å².